The van der Waals surface area contributed by atoms with Gasteiger partial charge in [-0.15, -0.1) is 40.2 Å². The Bertz CT molecular complexity index is 2760. The van der Waals surface area contributed by atoms with Gasteiger partial charge < -0.3 is 57.6 Å². The fraction of sp³-hybridized carbons (Fsp3) is 0.255. The Labute approximate surface area is 512 Å². The van der Waals surface area contributed by atoms with Crippen LogP contribution in [0.25, 0.3) is 0 Å². The fourth-order valence-electron chi connectivity index (χ4n) is 6.35. The Kier molecular flexibility index (Phi) is 37.7. The third kappa shape index (κ3) is 29.4. The average Bonchev–Trinajstić information content (AvgIpc) is 4.14. The summed E-state index contributed by atoms with van der Waals surface area (Å²) in [6, 6.07) is 39.5. The third-order valence-electron chi connectivity index (χ3n) is 10.2. The highest BCUT2D eigenvalue weighted by Crippen LogP contribution is 2.24. The molecule has 2 aliphatic heterocycles. The van der Waals surface area contributed by atoms with E-state index in [9.17, 15) is 19.5 Å². The number of fused-ring (bicyclic) bond motifs is 1. The molecule has 0 unspecified atom stereocenters. The molecule has 15 nitrogen and oxygen atoms in total. The van der Waals surface area contributed by atoms with Crippen molar-refractivity contribution in [1.29, 1.82) is 5.41 Å². The lowest BCUT2D eigenvalue weighted by atomic mass is 10.1. The number of hydrogen-bond donors (Lipinski definition) is 8. The number of rotatable bonds is 12. The number of hydrogen-bond acceptors (Lipinski definition) is 12. The van der Waals surface area contributed by atoms with Gasteiger partial charge in [-0.2, -0.15) is 0 Å². The maximum Gasteiger partial charge on any atom is 0.338 e. The van der Waals surface area contributed by atoms with E-state index in [0.717, 1.165) is 60.4 Å². The number of carbonyl (C=O) groups excluding carboxylic acids is 3. The molecule has 422 valence electrons. The van der Waals surface area contributed by atoms with Gasteiger partial charge >= 0.3 is 5.97 Å². The Morgan fingerprint density at radius 1 is 0.718 bits per heavy atom. The Morgan fingerprint density at radius 2 is 1.14 bits per heavy atom. The molecule has 0 saturated carbocycles. The number of aryl methyl sites for hydroxylation is 1. The van der Waals surface area contributed by atoms with Crippen molar-refractivity contribution in [3.8, 4) is 11.5 Å². The zero-order valence-electron chi connectivity index (χ0n) is 43.1. The summed E-state index contributed by atoms with van der Waals surface area (Å²) in [4.78, 5) is 35.6. The predicted octanol–water partition coefficient (Wildman–Crippen LogP) is 12.0. The molecule has 2 amide bonds. The van der Waals surface area contributed by atoms with Gasteiger partial charge in [0.05, 0.1) is 31.7 Å². The number of esters is 1. The van der Waals surface area contributed by atoms with Crippen molar-refractivity contribution in [2.75, 3.05) is 32.8 Å². The highest BCUT2D eigenvalue weighted by molar-refractivity contribution is 9.11. The van der Waals surface area contributed by atoms with Crippen LogP contribution in [0.5, 0.6) is 11.5 Å². The Morgan fingerprint density at radius 3 is 1.55 bits per heavy atom. The number of nitrogens with two attached hydrogens (primary N) is 4. The lowest BCUT2D eigenvalue weighted by molar-refractivity contribution is 0.0534. The number of aliphatic hydroxyl groups excluding tert-OH is 1. The van der Waals surface area contributed by atoms with Gasteiger partial charge in [-0.05, 0) is 139 Å². The molecule has 0 bridgehead atoms. The van der Waals surface area contributed by atoms with Gasteiger partial charge in [0.15, 0.2) is 10.3 Å². The van der Waals surface area contributed by atoms with E-state index in [1.54, 1.807) is 44.6 Å². The summed E-state index contributed by atoms with van der Waals surface area (Å²) in [5, 5.41) is 22.6. The summed E-state index contributed by atoms with van der Waals surface area (Å²) in [5.74, 6) is 1.45. The second-order valence-electron chi connectivity index (χ2n) is 15.9. The van der Waals surface area contributed by atoms with Gasteiger partial charge in [-0.3, -0.25) is 15.0 Å². The van der Waals surface area contributed by atoms with Gasteiger partial charge in [-0.1, -0.05) is 114 Å². The Balaban J connectivity index is 0.000000505. The first-order valence-electron chi connectivity index (χ1n) is 23.3. The molecule has 78 heavy (non-hydrogen) atoms. The minimum atomic E-state index is -0.215. The van der Waals surface area contributed by atoms with Crippen LogP contribution < -0.4 is 43.0 Å². The van der Waals surface area contributed by atoms with Crippen LogP contribution in [0.2, 0.25) is 0 Å². The number of methoxy groups -OCH3 is 2. The molecular weight excluding hydrogens is 1340 g/mol. The zero-order valence-corrected chi connectivity index (χ0v) is 52.7. The number of aliphatic hydroxyl groups is 1. The highest BCUT2D eigenvalue weighted by atomic mass is 79.9. The summed E-state index contributed by atoms with van der Waals surface area (Å²) < 4.78 is 22.7. The van der Waals surface area contributed by atoms with Crippen molar-refractivity contribution in [2.24, 2.45) is 22.9 Å². The second-order valence-corrected chi connectivity index (χ2v) is 20.9. The fourth-order valence-corrected chi connectivity index (χ4v) is 8.13. The van der Waals surface area contributed by atoms with Gasteiger partial charge in [-0.25, -0.2) is 4.79 Å². The van der Waals surface area contributed by atoms with Crippen molar-refractivity contribution in [1.82, 2.24) is 10.6 Å². The molecule has 0 spiro atoms. The first kappa shape index (κ1) is 71.2. The van der Waals surface area contributed by atoms with Gasteiger partial charge in [0.1, 0.15) is 18.1 Å². The SMILES string of the molecule is Br.C1CCOC1.COc1ccc(CNC(=O)c2ccc(Br)cc2CO)cc1.COc1ccc(CNC(=O)c2ccc(Br)cc2CSC(=N)N)cc1.Cc1ccc(CN)cc1.ClCCl.NC(N)=S.O=C1OCc2cc(Br)ccc21. The van der Waals surface area contributed by atoms with E-state index in [1.165, 1.54) is 35.7 Å². The number of carbonyl (C=O) groups is 3. The number of benzene rings is 6. The van der Waals surface area contributed by atoms with Crippen LogP contribution in [0, 0.1) is 12.3 Å². The number of thiocarbonyl (C=S) groups is 1. The van der Waals surface area contributed by atoms with Crippen LogP contribution in [0.1, 0.15) is 82.9 Å². The van der Waals surface area contributed by atoms with Crippen molar-refractivity contribution in [3.05, 3.63) is 196 Å². The van der Waals surface area contributed by atoms with E-state index < -0.39 is 0 Å². The van der Waals surface area contributed by atoms with Crippen molar-refractivity contribution in [2.45, 2.75) is 58.4 Å². The molecule has 6 aromatic carbocycles. The first-order valence-corrected chi connectivity index (χ1v) is 28.1. The molecule has 6 aromatic rings. The number of amidine groups is 1. The third-order valence-corrected chi connectivity index (χ3v) is 12.5. The maximum absolute atomic E-state index is 12.5. The van der Waals surface area contributed by atoms with Crippen LogP contribution >= 0.6 is 112 Å². The number of thioether (sulfide) groups is 1. The molecule has 0 aromatic heterocycles. The number of cyclic esters (lactones) is 1. The molecule has 1 saturated heterocycles. The van der Waals surface area contributed by atoms with Crippen LogP contribution in [0.3, 0.4) is 0 Å². The van der Waals surface area contributed by atoms with E-state index >= 15 is 0 Å². The molecule has 0 radical (unpaired) electrons. The quantitative estimate of drug-likeness (QED) is 0.0186. The van der Waals surface area contributed by atoms with Crippen LogP contribution in [-0.2, 0) is 48.1 Å². The van der Waals surface area contributed by atoms with Crippen LogP contribution in [0.4, 0.5) is 0 Å². The minimum absolute atomic E-state index is 0. The molecule has 8 rings (SSSR count). The van der Waals surface area contributed by atoms with Gasteiger partial charge in [0.25, 0.3) is 11.8 Å². The van der Waals surface area contributed by atoms with E-state index in [4.69, 9.17) is 59.0 Å². The molecular formula is C55H65Br4Cl2N7O8S2. The van der Waals surface area contributed by atoms with E-state index in [2.05, 4.69) is 113 Å². The number of ether oxygens (including phenoxy) is 4. The largest absolute Gasteiger partial charge is 0.497 e. The molecule has 1 fully saturated rings. The second kappa shape index (κ2) is 41.3. The lowest BCUT2D eigenvalue weighted by Crippen LogP contribution is -2.24. The summed E-state index contributed by atoms with van der Waals surface area (Å²) in [7, 11) is 3.23. The maximum atomic E-state index is 12.5. The molecule has 23 heteroatoms. The first-order chi connectivity index (χ1) is 36.9. The summed E-state index contributed by atoms with van der Waals surface area (Å²) in [6.07, 6.45) is 2.56. The molecule has 2 heterocycles. The zero-order chi connectivity index (χ0) is 57.1. The number of halogens is 6. The van der Waals surface area contributed by atoms with E-state index in [1.807, 2.05) is 72.8 Å². The lowest BCUT2D eigenvalue weighted by Gasteiger charge is -2.11. The number of nitrogens with one attached hydrogen (secondary N) is 3. The van der Waals surface area contributed by atoms with Crippen LogP contribution in [-0.4, -0.2) is 65.9 Å². The van der Waals surface area contributed by atoms with E-state index in [0.29, 0.717) is 54.2 Å². The smallest absolute Gasteiger partial charge is 0.338 e. The number of amides is 2. The molecule has 0 aliphatic carbocycles. The average molecular weight is 1410 g/mol. The summed E-state index contributed by atoms with van der Waals surface area (Å²) in [5.41, 5.74) is 28.6. The minimum Gasteiger partial charge on any atom is -0.497 e. The van der Waals surface area contributed by atoms with Crippen LogP contribution in [0.15, 0.2) is 141 Å². The van der Waals surface area contributed by atoms with Crippen molar-refractivity contribution in [3.63, 3.8) is 0 Å². The molecule has 12 N–H and O–H groups in total. The highest BCUT2D eigenvalue weighted by Gasteiger charge is 2.20. The topological polar surface area (TPSA) is 260 Å². The van der Waals surface area contributed by atoms with Crippen molar-refractivity contribution < 1.29 is 38.4 Å². The summed E-state index contributed by atoms with van der Waals surface area (Å²) in [6.45, 7) is 5.79. The van der Waals surface area contributed by atoms with Gasteiger partial charge in [0, 0.05) is 68.7 Å². The van der Waals surface area contributed by atoms with E-state index in [-0.39, 0.29) is 57.0 Å². The predicted molar refractivity (Wildman–Crippen MR) is 336 cm³/mol. The number of alkyl halides is 2. The molecule has 0 atom stereocenters. The van der Waals surface area contributed by atoms with Gasteiger partial charge in [0.2, 0.25) is 0 Å². The summed E-state index contributed by atoms with van der Waals surface area (Å²) >= 11 is 24.9. The van der Waals surface area contributed by atoms with Crippen molar-refractivity contribution >= 4 is 140 Å². The monoisotopic (exact) mass is 1400 g/mol. The Hall–Kier alpha value is -4.78. The normalized spacial score (nSPS) is 11.1. The standard InChI is InChI=1S/C17H18BrN3O2S.C16H16BrNO3.C8H5BrO2.C8H11N.C4H8O.CH2Cl2.CH4N2S.BrH/c1-23-14-5-2-11(3-6-14)9-21-16(22)15-7-4-13(18)8-12(15)10-24-17(19)20;1-21-14-5-2-11(3-6-14)9-18-16(20)15-7-4-13(17)8-12(15)10-19;9-6-1-2-7-5(3-6)4-11-8(7)10;1-7-2-4-8(6-9)5-3-7;1-2-4-5-3-1;2-1-3;2-1(3)4;/h2-8H,9-10H2,1H3,(H3,19,20)(H,21,22);2-8,19H,9-10H2,1H3,(H,18,20);1-3H,4H2;2-5H,6,9H2,1H3;1-4H2;1H2;(H4,2,3,4);1H. The molecule has 2 aliphatic rings.